The molecular formula is C14H16BrClN2OS. The van der Waals surface area contributed by atoms with Crippen molar-refractivity contribution in [2.24, 2.45) is 0 Å². The van der Waals surface area contributed by atoms with Gasteiger partial charge in [0.25, 0.3) is 0 Å². The summed E-state index contributed by atoms with van der Waals surface area (Å²) >= 11 is 11.1. The smallest absolute Gasteiger partial charge is 0.106 e. The molecule has 1 aromatic heterocycles. The van der Waals surface area contributed by atoms with E-state index in [1.54, 1.807) is 22.6 Å². The number of aliphatic hydroxyl groups excluding tert-OH is 1. The van der Waals surface area contributed by atoms with E-state index in [0.717, 1.165) is 22.3 Å². The molecule has 1 aromatic carbocycles. The summed E-state index contributed by atoms with van der Waals surface area (Å²) in [6.45, 7) is 2.84. The number of aromatic nitrogens is 2. The van der Waals surface area contributed by atoms with E-state index < -0.39 is 6.10 Å². The van der Waals surface area contributed by atoms with Crippen LogP contribution in [-0.2, 0) is 6.54 Å². The number of benzene rings is 1. The Bertz CT molecular complexity index is 559. The average Bonchev–Trinajstić information content (AvgIpc) is 2.79. The third kappa shape index (κ3) is 4.01. The molecule has 0 amide bonds. The summed E-state index contributed by atoms with van der Waals surface area (Å²) in [5.41, 5.74) is 0.707. The van der Waals surface area contributed by atoms with Crippen molar-refractivity contribution in [1.82, 2.24) is 9.78 Å². The number of hydrogen-bond acceptors (Lipinski definition) is 3. The molecule has 0 aliphatic heterocycles. The Balaban J connectivity index is 2.02. The van der Waals surface area contributed by atoms with Gasteiger partial charge in [-0.2, -0.15) is 5.10 Å². The third-order valence-corrected chi connectivity index (χ3v) is 4.71. The summed E-state index contributed by atoms with van der Waals surface area (Å²) in [5.74, 6) is 0.552. The summed E-state index contributed by atoms with van der Waals surface area (Å²) in [6.07, 6.45) is 1.93. The lowest BCUT2D eigenvalue weighted by atomic mass is 10.3. The normalized spacial score (nSPS) is 12.6. The van der Waals surface area contributed by atoms with Gasteiger partial charge >= 0.3 is 0 Å². The van der Waals surface area contributed by atoms with Gasteiger partial charge in [-0.1, -0.05) is 34.5 Å². The monoisotopic (exact) mass is 374 g/mol. The molecule has 0 bridgehead atoms. The fraction of sp³-hybridized carbons (Fsp3) is 0.357. The number of hydrogen-bond donors (Lipinski definition) is 1. The van der Waals surface area contributed by atoms with Gasteiger partial charge in [0.05, 0.1) is 16.9 Å². The molecule has 1 heterocycles. The summed E-state index contributed by atoms with van der Waals surface area (Å²) < 4.78 is 2.83. The SMILES string of the molecule is CCCn1ncc(Cl)c1C(O)CSc1ccc(Br)cc1. The predicted molar refractivity (Wildman–Crippen MR) is 87.4 cm³/mol. The van der Waals surface area contributed by atoms with Crippen LogP contribution in [-0.4, -0.2) is 20.6 Å². The van der Waals surface area contributed by atoms with Gasteiger partial charge in [-0.05, 0) is 30.7 Å². The Morgan fingerprint density at radius 2 is 2.10 bits per heavy atom. The van der Waals surface area contributed by atoms with Gasteiger partial charge < -0.3 is 5.11 Å². The van der Waals surface area contributed by atoms with Crippen molar-refractivity contribution < 1.29 is 5.11 Å². The topological polar surface area (TPSA) is 38.0 Å². The standard InChI is InChI=1S/C14H16BrClN2OS/c1-2-7-18-14(12(16)8-17-18)13(19)9-20-11-5-3-10(15)4-6-11/h3-6,8,13,19H,2,7,9H2,1H3. The van der Waals surface area contributed by atoms with Gasteiger partial charge in [0.2, 0.25) is 0 Å². The van der Waals surface area contributed by atoms with E-state index in [2.05, 4.69) is 28.0 Å². The maximum Gasteiger partial charge on any atom is 0.106 e. The fourth-order valence-electron chi connectivity index (χ4n) is 1.88. The van der Waals surface area contributed by atoms with Crippen LogP contribution < -0.4 is 0 Å². The Morgan fingerprint density at radius 1 is 1.40 bits per heavy atom. The highest BCUT2D eigenvalue weighted by Crippen LogP contribution is 2.29. The molecule has 20 heavy (non-hydrogen) atoms. The zero-order valence-electron chi connectivity index (χ0n) is 11.1. The second-order valence-electron chi connectivity index (χ2n) is 4.38. The summed E-state index contributed by atoms with van der Waals surface area (Å²) in [6, 6.07) is 8.02. The third-order valence-electron chi connectivity index (χ3n) is 2.81. The molecule has 1 N–H and O–H groups in total. The summed E-state index contributed by atoms with van der Waals surface area (Å²) in [4.78, 5) is 1.12. The molecular weight excluding hydrogens is 360 g/mol. The van der Waals surface area contributed by atoms with Gasteiger partial charge in [-0.3, -0.25) is 4.68 Å². The van der Waals surface area contributed by atoms with Crippen LogP contribution in [0.1, 0.15) is 25.1 Å². The number of rotatable bonds is 6. The van der Waals surface area contributed by atoms with Crippen LogP contribution in [0.25, 0.3) is 0 Å². The van der Waals surface area contributed by atoms with E-state index in [0.29, 0.717) is 16.5 Å². The van der Waals surface area contributed by atoms with Crippen LogP contribution in [0.5, 0.6) is 0 Å². The molecule has 2 rings (SSSR count). The number of aliphatic hydroxyl groups is 1. The zero-order chi connectivity index (χ0) is 14.5. The Kier molecular flexibility index (Phi) is 5.96. The van der Waals surface area contributed by atoms with Crippen molar-refractivity contribution in [3.63, 3.8) is 0 Å². The molecule has 108 valence electrons. The van der Waals surface area contributed by atoms with E-state index in [1.165, 1.54) is 0 Å². The molecule has 1 atom stereocenters. The largest absolute Gasteiger partial charge is 0.386 e. The maximum atomic E-state index is 10.3. The second kappa shape index (κ2) is 7.50. The van der Waals surface area contributed by atoms with Crippen LogP contribution in [0, 0.1) is 0 Å². The van der Waals surface area contributed by atoms with Gasteiger partial charge in [0.15, 0.2) is 0 Å². The Labute approximate surface area is 136 Å². The number of halogens is 2. The minimum atomic E-state index is -0.620. The second-order valence-corrected chi connectivity index (χ2v) is 6.80. The van der Waals surface area contributed by atoms with Crippen LogP contribution in [0.4, 0.5) is 0 Å². The first kappa shape index (κ1) is 15.9. The predicted octanol–water partition coefficient (Wildman–Crippen LogP) is 4.53. The van der Waals surface area contributed by atoms with Crippen molar-refractivity contribution in [3.8, 4) is 0 Å². The maximum absolute atomic E-state index is 10.3. The van der Waals surface area contributed by atoms with Crippen LogP contribution in [0.15, 0.2) is 39.8 Å². The van der Waals surface area contributed by atoms with Gasteiger partial charge in [0, 0.05) is 21.7 Å². The summed E-state index contributed by atoms with van der Waals surface area (Å²) in [7, 11) is 0. The first-order valence-electron chi connectivity index (χ1n) is 6.39. The molecule has 0 aliphatic carbocycles. The number of aryl methyl sites for hydroxylation is 1. The Hall–Kier alpha value is -0.490. The average molecular weight is 376 g/mol. The van der Waals surface area contributed by atoms with E-state index in [4.69, 9.17) is 11.6 Å². The van der Waals surface area contributed by atoms with Crippen LogP contribution in [0.2, 0.25) is 5.02 Å². The zero-order valence-corrected chi connectivity index (χ0v) is 14.2. The lowest BCUT2D eigenvalue weighted by Crippen LogP contribution is -2.11. The quantitative estimate of drug-likeness (QED) is 0.754. The molecule has 0 spiro atoms. The van der Waals surface area contributed by atoms with Crippen molar-refractivity contribution >= 4 is 39.3 Å². The molecule has 0 saturated heterocycles. The fourth-order valence-corrected chi connectivity index (χ4v) is 3.25. The first-order chi connectivity index (χ1) is 9.61. The van der Waals surface area contributed by atoms with E-state index in [1.807, 2.05) is 24.3 Å². The molecule has 6 heteroatoms. The van der Waals surface area contributed by atoms with Gasteiger partial charge in [-0.15, -0.1) is 11.8 Å². The van der Waals surface area contributed by atoms with Crippen molar-refractivity contribution in [2.45, 2.75) is 30.9 Å². The van der Waals surface area contributed by atoms with Gasteiger partial charge in [0.1, 0.15) is 6.10 Å². The minimum Gasteiger partial charge on any atom is -0.386 e. The minimum absolute atomic E-state index is 0.530. The Morgan fingerprint density at radius 3 is 2.75 bits per heavy atom. The first-order valence-corrected chi connectivity index (χ1v) is 8.55. The molecule has 3 nitrogen and oxygen atoms in total. The number of thioether (sulfide) groups is 1. The lowest BCUT2D eigenvalue weighted by Gasteiger charge is -2.13. The highest BCUT2D eigenvalue weighted by molar-refractivity contribution is 9.10. The molecule has 0 aliphatic rings. The molecule has 0 radical (unpaired) electrons. The molecule has 0 fully saturated rings. The van der Waals surface area contributed by atoms with Crippen LogP contribution in [0.3, 0.4) is 0 Å². The number of nitrogens with zero attached hydrogens (tertiary/aromatic N) is 2. The highest BCUT2D eigenvalue weighted by Gasteiger charge is 2.18. The van der Waals surface area contributed by atoms with Crippen LogP contribution >= 0.6 is 39.3 Å². The molecule has 0 saturated carbocycles. The highest BCUT2D eigenvalue weighted by atomic mass is 79.9. The van der Waals surface area contributed by atoms with E-state index in [9.17, 15) is 5.11 Å². The van der Waals surface area contributed by atoms with Crippen molar-refractivity contribution in [1.29, 1.82) is 0 Å². The molecule has 1 unspecified atom stereocenters. The van der Waals surface area contributed by atoms with Crippen molar-refractivity contribution in [3.05, 3.63) is 45.7 Å². The molecule has 2 aromatic rings. The van der Waals surface area contributed by atoms with E-state index in [-0.39, 0.29) is 0 Å². The van der Waals surface area contributed by atoms with E-state index >= 15 is 0 Å². The van der Waals surface area contributed by atoms with Crippen molar-refractivity contribution in [2.75, 3.05) is 5.75 Å². The lowest BCUT2D eigenvalue weighted by molar-refractivity contribution is 0.191. The van der Waals surface area contributed by atoms with Gasteiger partial charge in [-0.25, -0.2) is 0 Å². The summed E-state index contributed by atoms with van der Waals surface area (Å²) in [5, 5.41) is 15.1.